The highest BCUT2D eigenvalue weighted by atomic mass is 16.6. The zero-order chi connectivity index (χ0) is 21.3. The largest absolute Gasteiger partial charge is 0.444 e. The summed E-state index contributed by atoms with van der Waals surface area (Å²) in [6, 6.07) is 0.219. The highest BCUT2D eigenvalue weighted by molar-refractivity contribution is 5.68. The summed E-state index contributed by atoms with van der Waals surface area (Å²) in [6.07, 6.45) is 19.1. The maximum Gasteiger partial charge on any atom is 0.407 e. The van der Waals surface area contributed by atoms with Gasteiger partial charge in [0.2, 0.25) is 0 Å². The normalized spacial score (nSPS) is 22.9. The molecule has 0 spiro atoms. The maximum atomic E-state index is 11.9. The summed E-state index contributed by atoms with van der Waals surface area (Å²) in [5.41, 5.74) is 2.45. The third-order valence-electron chi connectivity index (χ3n) is 5.33. The van der Waals surface area contributed by atoms with Crippen molar-refractivity contribution in [1.82, 2.24) is 10.2 Å². The number of nitrogens with one attached hydrogen (secondary N) is 1. The van der Waals surface area contributed by atoms with Gasteiger partial charge in [-0.2, -0.15) is 0 Å². The van der Waals surface area contributed by atoms with Crippen molar-refractivity contribution in [2.45, 2.75) is 78.4 Å². The van der Waals surface area contributed by atoms with Crippen LogP contribution in [0.1, 0.15) is 66.7 Å². The molecule has 1 atom stereocenters. The van der Waals surface area contributed by atoms with Crippen LogP contribution in [0.15, 0.2) is 47.6 Å². The molecule has 1 amide bonds. The van der Waals surface area contributed by atoms with Crippen molar-refractivity contribution >= 4 is 6.09 Å². The molecule has 1 N–H and O–H groups in total. The smallest absolute Gasteiger partial charge is 0.407 e. The molecule has 1 saturated heterocycles. The third kappa shape index (κ3) is 8.22. The minimum absolute atomic E-state index is 0.219. The molecule has 0 aromatic heterocycles. The summed E-state index contributed by atoms with van der Waals surface area (Å²) < 4.78 is 5.37. The molecule has 3 rings (SSSR count). The quantitative estimate of drug-likeness (QED) is 0.611. The van der Waals surface area contributed by atoms with Gasteiger partial charge in [-0.15, -0.1) is 0 Å². The van der Waals surface area contributed by atoms with Crippen LogP contribution in [0.25, 0.3) is 0 Å². The van der Waals surface area contributed by atoms with Gasteiger partial charge in [-0.1, -0.05) is 50.3 Å². The predicted octanol–water partition coefficient (Wildman–Crippen LogP) is 5.78. The van der Waals surface area contributed by atoms with Crippen molar-refractivity contribution < 1.29 is 9.53 Å². The van der Waals surface area contributed by atoms with E-state index >= 15 is 0 Å². The summed E-state index contributed by atoms with van der Waals surface area (Å²) >= 11 is 0. The average molecular weight is 401 g/mol. The second-order valence-corrected chi connectivity index (χ2v) is 8.87. The average Bonchev–Trinajstić information content (AvgIpc) is 2.98. The molecule has 1 unspecified atom stereocenters. The second-order valence-electron chi connectivity index (χ2n) is 8.87. The lowest BCUT2D eigenvalue weighted by atomic mass is 9.95. The fraction of sp³-hybridized carbons (Fsp3) is 0.640. The SMILES string of the molecule is CC.CC(C)(C)OC(=O)NC1CCN(CC2=CCCC3C=CCC=CC3=C2)CC1. The van der Waals surface area contributed by atoms with Gasteiger partial charge >= 0.3 is 6.09 Å². The fourth-order valence-electron chi connectivity index (χ4n) is 3.98. The number of carbonyl (C=O) groups excluding carboxylic acids is 1. The van der Waals surface area contributed by atoms with Crippen molar-refractivity contribution in [3.8, 4) is 0 Å². The molecule has 4 nitrogen and oxygen atoms in total. The van der Waals surface area contributed by atoms with Crippen molar-refractivity contribution in [3.05, 3.63) is 47.6 Å². The number of hydrogen-bond acceptors (Lipinski definition) is 3. The molecule has 0 bridgehead atoms. The van der Waals surface area contributed by atoms with Gasteiger partial charge in [0.15, 0.2) is 0 Å². The number of carbonyl (C=O) groups is 1. The second kappa shape index (κ2) is 11.4. The van der Waals surface area contributed by atoms with Crippen LogP contribution in [-0.4, -0.2) is 42.3 Å². The highest BCUT2D eigenvalue weighted by Crippen LogP contribution is 2.28. The van der Waals surface area contributed by atoms with E-state index in [4.69, 9.17) is 4.74 Å². The first-order valence-electron chi connectivity index (χ1n) is 11.3. The number of fused-ring (bicyclic) bond motifs is 1. The lowest BCUT2D eigenvalue weighted by molar-refractivity contribution is 0.0481. The van der Waals surface area contributed by atoms with Gasteiger partial charge in [-0.25, -0.2) is 4.79 Å². The molecule has 0 aromatic carbocycles. The van der Waals surface area contributed by atoms with E-state index in [9.17, 15) is 4.79 Å². The molecule has 0 saturated carbocycles. The third-order valence-corrected chi connectivity index (χ3v) is 5.33. The Morgan fingerprint density at radius 2 is 1.90 bits per heavy atom. The van der Waals surface area contributed by atoms with Crippen LogP contribution in [0.5, 0.6) is 0 Å². The molecular formula is C25H40N2O2. The molecule has 1 fully saturated rings. The number of likely N-dealkylation sites (tertiary alicyclic amines) is 1. The van der Waals surface area contributed by atoms with E-state index < -0.39 is 5.60 Å². The standard InChI is InChI=1S/C23H34N2O2.C2H6/c1-23(2,3)27-22(26)24-21-12-14-25(15-13-21)17-18-8-7-11-19-9-5-4-6-10-20(19)16-18;1-2/h5-6,8-10,16,19,21H,4,7,11-15,17H2,1-3H3,(H,24,26);1-2H3. The van der Waals surface area contributed by atoms with E-state index in [1.165, 1.54) is 17.6 Å². The van der Waals surface area contributed by atoms with Crippen molar-refractivity contribution in [2.24, 2.45) is 5.92 Å². The maximum absolute atomic E-state index is 11.9. The number of allylic oxidation sites excluding steroid dienone is 6. The van der Waals surface area contributed by atoms with Crippen LogP contribution in [0, 0.1) is 5.92 Å². The Bertz CT molecular complexity index is 644. The van der Waals surface area contributed by atoms with Crippen molar-refractivity contribution in [3.63, 3.8) is 0 Å². The number of ether oxygens (including phenoxy) is 1. The van der Waals surface area contributed by atoms with Crippen molar-refractivity contribution in [1.29, 1.82) is 0 Å². The summed E-state index contributed by atoms with van der Waals surface area (Å²) in [4.78, 5) is 14.5. The lowest BCUT2D eigenvalue weighted by Crippen LogP contribution is -2.46. The minimum atomic E-state index is -0.441. The molecule has 1 heterocycles. The van der Waals surface area contributed by atoms with E-state index in [0.29, 0.717) is 5.92 Å². The van der Waals surface area contributed by atoms with Crippen LogP contribution in [0.3, 0.4) is 0 Å². The van der Waals surface area contributed by atoms with Crippen LogP contribution in [0.2, 0.25) is 0 Å². The van der Waals surface area contributed by atoms with Gasteiger partial charge < -0.3 is 10.1 Å². The Hall–Kier alpha value is -1.81. The molecule has 162 valence electrons. The van der Waals surface area contributed by atoms with Crippen molar-refractivity contribution in [2.75, 3.05) is 19.6 Å². The molecule has 0 aromatic rings. The summed E-state index contributed by atoms with van der Waals surface area (Å²) in [6.45, 7) is 12.7. The monoisotopic (exact) mass is 400 g/mol. The van der Waals surface area contributed by atoms with Gasteiger partial charge in [0.05, 0.1) is 0 Å². The number of nitrogens with zero attached hydrogens (tertiary/aromatic N) is 1. The van der Waals surface area contributed by atoms with Gasteiger partial charge in [0.1, 0.15) is 5.60 Å². The van der Waals surface area contributed by atoms with Gasteiger partial charge in [0, 0.05) is 31.6 Å². The molecular weight excluding hydrogens is 360 g/mol. The van der Waals surface area contributed by atoms with Crippen LogP contribution in [0.4, 0.5) is 4.79 Å². The van der Waals surface area contributed by atoms with E-state index in [-0.39, 0.29) is 12.1 Å². The van der Waals surface area contributed by atoms with Crippen LogP contribution in [-0.2, 0) is 4.74 Å². The first-order valence-corrected chi connectivity index (χ1v) is 11.3. The number of piperidine rings is 1. The summed E-state index contributed by atoms with van der Waals surface area (Å²) in [7, 11) is 0. The van der Waals surface area contributed by atoms with Gasteiger partial charge in [-0.3, -0.25) is 4.90 Å². The number of alkyl carbamates (subject to hydrolysis) is 1. The zero-order valence-corrected chi connectivity index (χ0v) is 19.0. The molecule has 3 aliphatic rings. The molecule has 2 aliphatic carbocycles. The number of amides is 1. The topological polar surface area (TPSA) is 41.6 Å². The Morgan fingerprint density at radius 1 is 1.17 bits per heavy atom. The number of hydrogen-bond donors (Lipinski definition) is 1. The first kappa shape index (κ1) is 23.5. The van der Waals surface area contributed by atoms with E-state index in [2.05, 4.69) is 46.7 Å². The van der Waals surface area contributed by atoms with Gasteiger partial charge in [0.25, 0.3) is 0 Å². The first-order chi connectivity index (χ1) is 13.9. The predicted molar refractivity (Wildman–Crippen MR) is 122 cm³/mol. The summed E-state index contributed by atoms with van der Waals surface area (Å²) in [5.74, 6) is 0.571. The lowest BCUT2D eigenvalue weighted by Gasteiger charge is -2.33. The van der Waals surface area contributed by atoms with E-state index in [1.54, 1.807) is 0 Å². The minimum Gasteiger partial charge on any atom is -0.444 e. The van der Waals surface area contributed by atoms with Crippen LogP contribution < -0.4 is 5.32 Å². The zero-order valence-electron chi connectivity index (χ0n) is 19.0. The molecule has 4 heteroatoms. The Labute approximate surface area is 177 Å². The molecule has 1 aliphatic heterocycles. The molecule has 0 radical (unpaired) electrons. The van der Waals surface area contributed by atoms with Crippen LogP contribution >= 0.6 is 0 Å². The van der Waals surface area contributed by atoms with E-state index in [0.717, 1.165) is 45.3 Å². The molecule has 29 heavy (non-hydrogen) atoms. The summed E-state index contributed by atoms with van der Waals surface area (Å²) in [5, 5.41) is 3.02. The Morgan fingerprint density at radius 3 is 2.59 bits per heavy atom. The van der Waals surface area contributed by atoms with E-state index in [1.807, 2.05) is 34.6 Å². The fourth-order valence-corrected chi connectivity index (χ4v) is 3.98. The Balaban J connectivity index is 0.00000145. The Kier molecular flexibility index (Phi) is 9.22. The number of rotatable bonds is 3. The van der Waals surface area contributed by atoms with Gasteiger partial charge in [-0.05, 0) is 64.0 Å². The highest BCUT2D eigenvalue weighted by Gasteiger charge is 2.24.